The zero-order chi connectivity index (χ0) is 14.4. The Hall–Kier alpha value is -1.85. The number of rotatable bonds is 6. The summed E-state index contributed by atoms with van der Waals surface area (Å²) in [6, 6.07) is 7.73. The lowest BCUT2D eigenvalue weighted by atomic mass is 10.2. The van der Waals surface area contributed by atoms with E-state index < -0.39 is 0 Å². The largest absolute Gasteiger partial charge is 0.468 e. The Kier molecular flexibility index (Phi) is 5.15. The van der Waals surface area contributed by atoms with Crippen LogP contribution in [0.3, 0.4) is 0 Å². The Morgan fingerprint density at radius 2 is 2.30 bits per heavy atom. The average molecular weight is 290 g/mol. The molecule has 2 aromatic rings. The van der Waals surface area contributed by atoms with Crippen molar-refractivity contribution in [2.24, 2.45) is 0 Å². The quantitative estimate of drug-likeness (QED) is 0.832. The van der Waals surface area contributed by atoms with Crippen molar-refractivity contribution in [3.63, 3.8) is 0 Å². The molecule has 0 bridgehead atoms. The first-order valence-electron chi connectivity index (χ1n) is 6.36. The van der Waals surface area contributed by atoms with E-state index in [-0.39, 0.29) is 11.9 Å². The molecular weight excluding hydrogens is 272 g/mol. The number of hydrogen-bond acceptors (Lipinski definition) is 4. The molecule has 20 heavy (non-hydrogen) atoms. The van der Waals surface area contributed by atoms with Crippen LogP contribution in [0.15, 0.2) is 46.4 Å². The number of hydrogen-bond donors (Lipinski definition) is 1. The molecule has 0 saturated heterocycles. The van der Waals surface area contributed by atoms with Crippen LogP contribution in [0, 0.1) is 0 Å². The number of furan rings is 1. The highest BCUT2D eigenvalue weighted by Crippen LogP contribution is 2.17. The van der Waals surface area contributed by atoms with Crippen LogP contribution in [0.25, 0.3) is 6.08 Å². The summed E-state index contributed by atoms with van der Waals surface area (Å²) in [4.78, 5) is 14.9. The minimum atomic E-state index is -0.100. The van der Waals surface area contributed by atoms with Crippen LogP contribution in [0.4, 0.5) is 0 Å². The van der Waals surface area contributed by atoms with Gasteiger partial charge in [0.25, 0.3) is 0 Å². The fourth-order valence-electron chi connectivity index (χ4n) is 1.82. The molecule has 1 atom stereocenters. The summed E-state index contributed by atoms with van der Waals surface area (Å²) in [7, 11) is 3.92. The van der Waals surface area contributed by atoms with E-state index in [1.807, 2.05) is 54.7 Å². The molecule has 0 aliphatic carbocycles. The first-order chi connectivity index (χ1) is 9.66. The zero-order valence-electron chi connectivity index (χ0n) is 11.6. The first-order valence-corrected chi connectivity index (χ1v) is 7.24. The van der Waals surface area contributed by atoms with E-state index in [0.717, 1.165) is 10.6 Å². The molecule has 0 radical (unpaired) electrons. The van der Waals surface area contributed by atoms with Crippen molar-refractivity contribution in [2.75, 3.05) is 20.6 Å². The van der Waals surface area contributed by atoms with Crippen molar-refractivity contribution in [1.82, 2.24) is 10.2 Å². The van der Waals surface area contributed by atoms with E-state index in [2.05, 4.69) is 5.32 Å². The maximum atomic E-state index is 11.8. The third-order valence-corrected chi connectivity index (χ3v) is 3.74. The van der Waals surface area contributed by atoms with E-state index in [9.17, 15) is 4.79 Å². The number of likely N-dealkylation sites (N-methyl/N-ethyl adjacent to an activating group) is 1. The number of carbonyl (C=O) groups is 1. The second-order valence-corrected chi connectivity index (χ2v) is 5.57. The highest BCUT2D eigenvalue weighted by molar-refractivity contribution is 7.10. The third-order valence-electron chi connectivity index (χ3n) is 2.91. The molecular formula is C15H18N2O2S. The Labute approximate surface area is 122 Å². The second-order valence-electron chi connectivity index (χ2n) is 4.59. The fourth-order valence-corrected chi connectivity index (χ4v) is 2.44. The van der Waals surface area contributed by atoms with Crippen LogP contribution in [0.1, 0.15) is 16.7 Å². The Bertz CT molecular complexity index is 544. The Morgan fingerprint density at radius 3 is 2.90 bits per heavy atom. The van der Waals surface area contributed by atoms with Crippen molar-refractivity contribution < 1.29 is 9.21 Å². The molecule has 2 aromatic heterocycles. The molecule has 2 rings (SSSR count). The maximum Gasteiger partial charge on any atom is 0.244 e. The van der Waals surface area contributed by atoms with Gasteiger partial charge in [0.2, 0.25) is 5.91 Å². The van der Waals surface area contributed by atoms with E-state index in [1.165, 1.54) is 0 Å². The van der Waals surface area contributed by atoms with Gasteiger partial charge < -0.3 is 9.73 Å². The standard InChI is InChI=1S/C15H18N2O2S/c1-17(2)13(14-6-3-9-19-14)11-16-15(18)8-7-12-5-4-10-20-12/h3-10,13H,11H2,1-2H3,(H,16,18)/b8-7+. The molecule has 0 aliphatic heterocycles. The van der Waals surface area contributed by atoms with Crippen molar-refractivity contribution in [1.29, 1.82) is 0 Å². The van der Waals surface area contributed by atoms with Crippen molar-refractivity contribution in [3.8, 4) is 0 Å². The summed E-state index contributed by atoms with van der Waals surface area (Å²) >= 11 is 1.60. The smallest absolute Gasteiger partial charge is 0.244 e. The predicted octanol–water partition coefficient (Wildman–Crippen LogP) is 2.77. The van der Waals surface area contributed by atoms with Gasteiger partial charge in [-0.15, -0.1) is 11.3 Å². The van der Waals surface area contributed by atoms with E-state index in [1.54, 1.807) is 23.7 Å². The van der Waals surface area contributed by atoms with Crippen LogP contribution < -0.4 is 5.32 Å². The molecule has 0 aliphatic rings. The van der Waals surface area contributed by atoms with Crippen LogP contribution in [-0.2, 0) is 4.79 Å². The minimum absolute atomic E-state index is 0.0316. The minimum Gasteiger partial charge on any atom is -0.468 e. The molecule has 5 heteroatoms. The summed E-state index contributed by atoms with van der Waals surface area (Å²) in [6.45, 7) is 0.508. The van der Waals surface area contributed by atoms with Gasteiger partial charge in [0.05, 0.1) is 12.3 Å². The van der Waals surface area contributed by atoms with Gasteiger partial charge in [0.1, 0.15) is 5.76 Å². The Morgan fingerprint density at radius 1 is 1.45 bits per heavy atom. The highest BCUT2D eigenvalue weighted by atomic mass is 32.1. The van der Waals surface area contributed by atoms with Crippen molar-refractivity contribution in [3.05, 3.63) is 52.6 Å². The van der Waals surface area contributed by atoms with Crippen molar-refractivity contribution in [2.45, 2.75) is 6.04 Å². The van der Waals surface area contributed by atoms with Gasteiger partial charge >= 0.3 is 0 Å². The third kappa shape index (κ3) is 4.08. The number of thiophene rings is 1. The average Bonchev–Trinajstić information content (AvgIpc) is 3.09. The normalized spacial score (nSPS) is 12.9. The second kappa shape index (κ2) is 7.07. The summed E-state index contributed by atoms with van der Waals surface area (Å²) in [5.74, 6) is 0.745. The summed E-state index contributed by atoms with van der Waals surface area (Å²) in [5.41, 5.74) is 0. The summed E-state index contributed by atoms with van der Waals surface area (Å²) in [5, 5.41) is 4.87. The van der Waals surface area contributed by atoms with Gasteiger partial charge in [-0.1, -0.05) is 6.07 Å². The van der Waals surface area contributed by atoms with Gasteiger partial charge in [-0.3, -0.25) is 9.69 Å². The molecule has 0 fully saturated rings. The van der Waals surface area contributed by atoms with Crippen molar-refractivity contribution >= 4 is 23.3 Å². The predicted molar refractivity (Wildman–Crippen MR) is 81.5 cm³/mol. The molecule has 4 nitrogen and oxygen atoms in total. The monoisotopic (exact) mass is 290 g/mol. The lowest BCUT2D eigenvalue weighted by Crippen LogP contribution is -2.33. The molecule has 0 saturated carbocycles. The number of amides is 1. The maximum absolute atomic E-state index is 11.8. The number of carbonyl (C=O) groups excluding carboxylic acids is 1. The van der Waals surface area contributed by atoms with E-state index in [4.69, 9.17) is 4.42 Å². The van der Waals surface area contributed by atoms with Crippen LogP contribution in [0.5, 0.6) is 0 Å². The molecule has 0 aromatic carbocycles. The molecule has 1 N–H and O–H groups in total. The van der Waals surface area contributed by atoms with Gasteiger partial charge in [0, 0.05) is 17.5 Å². The molecule has 1 unspecified atom stereocenters. The van der Waals surface area contributed by atoms with Crippen LogP contribution in [-0.4, -0.2) is 31.4 Å². The summed E-state index contributed by atoms with van der Waals surface area (Å²) < 4.78 is 5.40. The van der Waals surface area contributed by atoms with E-state index >= 15 is 0 Å². The SMILES string of the molecule is CN(C)C(CNC(=O)/C=C/c1cccs1)c1ccco1. The Balaban J connectivity index is 1.88. The molecule has 0 spiro atoms. The number of nitrogens with one attached hydrogen (secondary N) is 1. The molecule has 2 heterocycles. The molecule has 106 valence electrons. The van der Waals surface area contributed by atoms with E-state index in [0.29, 0.717) is 6.54 Å². The number of nitrogens with zero attached hydrogens (tertiary/aromatic N) is 1. The van der Waals surface area contributed by atoms with Gasteiger partial charge in [0.15, 0.2) is 0 Å². The van der Waals surface area contributed by atoms with Gasteiger partial charge in [-0.05, 0) is 43.8 Å². The molecule has 1 amide bonds. The summed E-state index contributed by atoms with van der Waals surface area (Å²) in [6.07, 6.45) is 5.02. The topological polar surface area (TPSA) is 45.5 Å². The van der Waals surface area contributed by atoms with Gasteiger partial charge in [-0.2, -0.15) is 0 Å². The lowest BCUT2D eigenvalue weighted by Gasteiger charge is -2.22. The first kappa shape index (κ1) is 14.6. The lowest BCUT2D eigenvalue weighted by molar-refractivity contribution is -0.116. The highest BCUT2D eigenvalue weighted by Gasteiger charge is 2.17. The zero-order valence-corrected chi connectivity index (χ0v) is 12.4. The van der Waals surface area contributed by atoms with Crippen LogP contribution >= 0.6 is 11.3 Å². The fraction of sp³-hybridized carbons (Fsp3) is 0.267. The van der Waals surface area contributed by atoms with Crippen LogP contribution in [0.2, 0.25) is 0 Å². The van der Waals surface area contributed by atoms with Gasteiger partial charge in [-0.25, -0.2) is 0 Å².